The summed E-state index contributed by atoms with van der Waals surface area (Å²) in [5.74, 6) is -3.45. The van der Waals surface area contributed by atoms with Crippen LogP contribution in [0.2, 0.25) is 0 Å². The van der Waals surface area contributed by atoms with Gasteiger partial charge in [0.25, 0.3) is 0 Å². The summed E-state index contributed by atoms with van der Waals surface area (Å²) < 4.78 is 31.9. The molecule has 21 heavy (non-hydrogen) atoms. The molecule has 0 N–H and O–H groups in total. The Hall–Kier alpha value is -2.83. The second-order valence-electron chi connectivity index (χ2n) is 4.33. The molecule has 2 aromatic heterocycles. The van der Waals surface area contributed by atoms with Crippen molar-refractivity contribution in [3.05, 3.63) is 64.3 Å². The molecule has 0 amide bonds. The average molecular weight is 290 g/mol. The van der Waals surface area contributed by atoms with E-state index in [1.165, 1.54) is 6.20 Å². The molecule has 0 saturated heterocycles. The number of hydrogen-bond donors (Lipinski definition) is 0. The topological polar surface area (TPSA) is 65.1 Å². The maximum Gasteiger partial charge on any atom is 0.421 e. The predicted octanol–water partition coefficient (Wildman–Crippen LogP) is 2.15. The molecule has 7 heteroatoms. The maximum absolute atomic E-state index is 13.1. The number of nitrogens with zero attached hydrogens (tertiary/aromatic N) is 2. The van der Waals surface area contributed by atoms with E-state index in [0.717, 1.165) is 22.8 Å². The van der Waals surface area contributed by atoms with Gasteiger partial charge in [0, 0.05) is 11.8 Å². The molecule has 0 atom stereocenters. The largest absolute Gasteiger partial charge is 0.421 e. The van der Waals surface area contributed by atoms with Gasteiger partial charge in [-0.15, -0.1) is 0 Å². The van der Waals surface area contributed by atoms with Gasteiger partial charge in [0.05, 0.1) is 6.54 Å². The fraction of sp³-hybridized carbons (Fsp3) is 0.0714. The number of pyridine rings is 1. The second-order valence-corrected chi connectivity index (χ2v) is 4.33. The number of Topliss-reactive ketones (excluding diaryl/α,β-unsaturated/α-hetero) is 1. The van der Waals surface area contributed by atoms with E-state index in [9.17, 15) is 18.4 Å². The summed E-state index contributed by atoms with van der Waals surface area (Å²) in [5, 5.41) is 0. The quantitative estimate of drug-likeness (QED) is 0.693. The first kappa shape index (κ1) is 13.2. The maximum atomic E-state index is 13.1. The van der Waals surface area contributed by atoms with E-state index in [-0.39, 0.29) is 23.3 Å². The molecule has 3 aromatic rings. The minimum absolute atomic E-state index is 0.0360. The number of rotatable bonds is 3. The number of hydrogen-bond acceptors (Lipinski definition) is 4. The lowest BCUT2D eigenvalue weighted by Crippen LogP contribution is -2.20. The molecule has 2 heterocycles. The summed E-state index contributed by atoms with van der Waals surface area (Å²) in [5.41, 5.74) is 0.435. The van der Waals surface area contributed by atoms with Crippen molar-refractivity contribution in [2.75, 3.05) is 0 Å². The number of ketones is 1. The number of halogens is 2. The van der Waals surface area contributed by atoms with Crippen LogP contribution >= 0.6 is 0 Å². The van der Waals surface area contributed by atoms with Crippen molar-refractivity contribution in [1.82, 2.24) is 9.55 Å². The lowest BCUT2D eigenvalue weighted by Gasteiger charge is -2.02. The Morgan fingerprint density at radius 1 is 1.24 bits per heavy atom. The number of oxazole rings is 1. The van der Waals surface area contributed by atoms with E-state index in [1.54, 1.807) is 12.1 Å². The van der Waals surface area contributed by atoms with Gasteiger partial charge in [0.2, 0.25) is 0 Å². The Labute approximate surface area is 116 Å². The summed E-state index contributed by atoms with van der Waals surface area (Å²) in [6.45, 7) is -0.367. The summed E-state index contributed by atoms with van der Waals surface area (Å²) in [6, 6.07) is 5.94. The molecule has 0 aliphatic rings. The summed E-state index contributed by atoms with van der Waals surface area (Å²) in [6.07, 6.45) is 1.45. The van der Waals surface area contributed by atoms with Crippen molar-refractivity contribution in [3.8, 4) is 0 Å². The molecule has 0 bridgehead atoms. The normalized spacial score (nSPS) is 11.0. The zero-order valence-corrected chi connectivity index (χ0v) is 10.5. The standard InChI is InChI=1S/C14H8F2N2O3/c15-9-4-3-8(6-10(9)16)11(19)7-18-13-12(21-14(18)20)2-1-5-17-13/h1-6H,7H2. The zero-order valence-electron chi connectivity index (χ0n) is 10.5. The van der Waals surface area contributed by atoms with Crippen LogP contribution in [-0.4, -0.2) is 15.3 Å². The number of benzene rings is 1. The van der Waals surface area contributed by atoms with Crippen LogP contribution in [0.4, 0.5) is 8.78 Å². The van der Waals surface area contributed by atoms with Crippen LogP contribution in [-0.2, 0) is 6.54 Å². The SMILES string of the molecule is O=C(Cn1c(=O)oc2cccnc21)c1ccc(F)c(F)c1. The first-order valence-corrected chi connectivity index (χ1v) is 5.99. The second kappa shape index (κ2) is 4.93. The van der Waals surface area contributed by atoms with E-state index >= 15 is 0 Å². The van der Waals surface area contributed by atoms with Gasteiger partial charge in [0.1, 0.15) is 0 Å². The molecular formula is C14H8F2N2O3. The van der Waals surface area contributed by atoms with Gasteiger partial charge in [-0.05, 0) is 30.3 Å². The van der Waals surface area contributed by atoms with E-state index < -0.39 is 23.2 Å². The van der Waals surface area contributed by atoms with Crippen molar-refractivity contribution < 1.29 is 18.0 Å². The average Bonchev–Trinajstić information content (AvgIpc) is 2.78. The lowest BCUT2D eigenvalue weighted by atomic mass is 10.1. The van der Waals surface area contributed by atoms with Gasteiger partial charge in [-0.25, -0.2) is 18.6 Å². The monoisotopic (exact) mass is 290 g/mol. The van der Waals surface area contributed by atoms with Crippen LogP contribution in [0.25, 0.3) is 11.2 Å². The van der Waals surface area contributed by atoms with Crippen molar-refractivity contribution in [1.29, 1.82) is 0 Å². The minimum atomic E-state index is -1.12. The van der Waals surface area contributed by atoms with E-state index in [4.69, 9.17) is 4.42 Å². The molecule has 1 aromatic carbocycles. The molecule has 0 spiro atoms. The lowest BCUT2D eigenvalue weighted by molar-refractivity contribution is 0.0970. The third-order valence-corrected chi connectivity index (χ3v) is 2.97. The summed E-state index contributed by atoms with van der Waals surface area (Å²) in [7, 11) is 0. The Bertz CT molecular complexity index is 899. The first-order chi connectivity index (χ1) is 10.1. The van der Waals surface area contributed by atoms with Crippen LogP contribution in [0.3, 0.4) is 0 Å². The molecule has 0 radical (unpaired) electrons. The van der Waals surface area contributed by atoms with E-state index in [0.29, 0.717) is 0 Å². The van der Waals surface area contributed by atoms with Crippen LogP contribution < -0.4 is 5.76 Å². The highest BCUT2D eigenvalue weighted by molar-refractivity contribution is 5.96. The number of aromatic nitrogens is 2. The fourth-order valence-corrected chi connectivity index (χ4v) is 1.94. The smallest absolute Gasteiger partial charge is 0.406 e. The minimum Gasteiger partial charge on any atom is -0.406 e. The predicted molar refractivity (Wildman–Crippen MR) is 69.0 cm³/mol. The zero-order chi connectivity index (χ0) is 15.0. The van der Waals surface area contributed by atoms with Gasteiger partial charge >= 0.3 is 5.76 Å². The number of fused-ring (bicyclic) bond motifs is 1. The van der Waals surface area contributed by atoms with E-state index in [2.05, 4.69) is 4.98 Å². The van der Waals surface area contributed by atoms with Crippen molar-refractivity contribution in [2.45, 2.75) is 6.54 Å². The third-order valence-electron chi connectivity index (χ3n) is 2.97. The Morgan fingerprint density at radius 3 is 2.81 bits per heavy atom. The van der Waals surface area contributed by atoms with Gasteiger partial charge in [-0.2, -0.15) is 0 Å². The fourth-order valence-electron chi connectivity index (χ4n) is 1.94. The third kappa shape index (κ3) is 2.33. The van der Waals surface area contributed by atoms with Crippen LogP contribution in [0.15, 0.2) is 45.7 Å². The van der Waals surface area contributed by atoms with Gasteiger partial charge in [-0.3, -0.25) is 9.36 Å². The van der Waals surface area contributed by atoms with Crippen molar-refractivity contribution in [3.63, 3.8) is 0 Å². The summed E-state index contributed by atoms with van der Waals surface area (Å²) >= 11 is 0. The Kier molecular flexibility index (Phi) is 3.09. The molecule has 0 saturated carbocycles. The summed E-state index contributed by atoms with van der Waals surface area (Å²) in [4.78, 5) is 27.7. The van der Waals surface area contributed by atoms with Crippen LogP contribution in [0.5, 0.6) is 0 Å². The number of carbonyl (C=O) groups is 1. The molecular weight excluding hydrogens is 282 g/mol. The van der Waals surface area contributed by atoms with Crippen LogP contribution in [0, 0.1) is 11.6 Å². The highest BCUT2D eigenvalue weighted by Gasteiger charge is 2.16. The van der Waals surface area contributed by atoms with Gasteiger partial charge < -0.3 is 4.42 Å². The Balaban J connectivity index is 1.98. The van der Waals surface area contributed by atoms with E-state index in [1.807, 2.05) is 0 Å². The van der Waals surface area contributed by atoms with Gasteiger partial charge in [0.15, 0.2) is 28.6 Å². The molecule has 0 aliphatic carbocycles. The van der Waals surface area contributed by atoms with Crippen molar-refractivity contribution >= 4 is 17.0 Å². The molecule has 0 unspecified atom stereocenters. The molecule has 106 valence electrons. The highest BCUT2D eigenvalue weighted by Crippen LogP contribution is 2.12. The molecule has 0 aliphatic heterocycles. The Morgan fingerprint density at radius 2 is 2.05 bits per heavy atom. The van der Waals surface area contributed by atoms with Crippen LogP contribution in [0.1, 0.15) is 10.4 Å². The molecule has 5 nitrogen and oxygen atoms in total. The number of carbonyl (C=O) groups excluding carboxylic acids is 1. The molecule has 0 fully saturated rings. The van der Waals surface area contributed by atoms with Crippen molar-refractivity contribution in [2.24, 2.45) is 0 Å². The first-order valence-electron chi connectivity index (χ1n) is 5.99. The highest BCUT2D eigenvalue weighted by atomic mass is 19.2. The van der Waals surface area contributed by atoms with Gasteiger partial charge in [-0.1, -0.05) is 0 Å². The molecule has 3 rings (SSSR count).